The molecule has 212 valence electrons. The van der Waals surface area contributed by atoms with Crippen LogP contribution in [0.1, 0.15) is 97.3 Å². The number of hydrogen-bond donors (Lipinski definition) is 1. The molecule has 0 aliphatic heterocycles. The van der Waals surface area contributed by atoms with Gasteiger partial charge in [0.05, 0.1) is 52.0 Å². The van der Waals surface area contributed by atoms with Crippen LogP contribution in [0.4, 0.5) is 0 Å². The minimum absolute atomic E-state index is 0.0492. The molecule has 35 heavy (non-hydrogen) atoms. The molecule has 0 fully saturated rings. The summed E-state index contributed by atoms with van der Waals surface area (Å²) in [5.41, 5.74) is 0. The zero-order valence-corrected chi connectivity index (χ0v) is 24.9. The van der Waals surface area contributed by atoms with Crippen molar-refractivity contribution < 1.29 is 36.1 Å². The van der Waals surface area contributed by atoms with Crippen LogP contribution in [0, 0.1) is 0 Å². The van der Waals surface area contributed by atoms with E-state index in [1.54, 1.807) is 0 Å². The van der Waals surface area contributed by atoms with Gasteiger partial charge in [0, 0.05) is 0 Å². The van der Waals surface area contributed by atoms with Gasteiger partial charge < -0.3 is 14.1 Å². The topological polar surface area (TPSA) is 99.1 Å². The van der Waals surface area contributed by atoms with Crippen LogP contribution in [-0.4, -0.2) is 82.9 Å². The largest absolute Gasteiger partial charge is 0.472 e. The Labute approximate surface area is 216 Å². The molecule has 1 N–H and O–H groups in total. The predicted octanol–water partition coefficient (Wildman–Crippen LogP) is 5.74. The van der Waals surface area contributed by atoms with Gasteiger partial charge in [-0.1, -0.05) is 77.6 Å². The Morgan fingerprint density at radius 1 is 0.771 bits per heavy atom. The highest BCUT2D eigenvalue weighted by molar-refractivity contribution is 7.91. The fourth-order valence-electron chi connectivity index (χ4n) is 3.58. The van der Waals surface area contributed by atoms with Gasteiger partial charge in [-0.25, -0.2) is 13.0 Å². The molecule has 0 aliphatic carbocycles. The van der Waals surface area contributed by atoms with Crippen molar-refractivity contribution in [3.05, 3.63) is 0 Å². The first-order valence-corrected chi connectivity index (χ1v) is 16.9. The van der Waals surface area contributed by atoms with Gasteiger partial charge >= 0.3 is 7.82 Å². The highest BCUT2D eigenvalue weighted by Crippen LogP contribution is 2.43. The van der Waals surface area contributed by atoms with Crippen LogP contribution in [0.15, 0.2) is 0 Å². The summed E-state index contributed by atoms with van der Waals surface area (Å²) in [7, 11) is -1.61. The smallest absolute Gasteiger partial charge is 0.377 e. The number of quaternary nitrogens is 1. The van der Waals surface area contributed by atoms with Crippen LogP contribution >= 0.6 is 7.82 Å². The zero-order valence-electron chi connectivity index (χ0n) is 23.2. The van der Waals surface area contributed by atoms with E-state index in [4.69, 9.17) is 13.8 Å². The van der Waals surface area contributed by atoms with Gasteiger partial charge in [0.2, 0.25) is 0 Å². The molecular weight excluding hydrogens is 489 g/mol. The van der Waals surface area contributed by atoms with E-state index in [0.29, 0.717) is 11.0 Å². The molecule has 0 saturated heterocycles. The van der Waals surface area contributed by atoms with Crippen LogP contribution in [-0.2, 0) is 28.2 Å². The Kier molecular flexibility index (Phi) is 20.0. The van der Waals surface area contributed by atoms with Gasteiger partial charge in [-0.3, -0.25) is 9.05 Å². The lowest BCUT2D eigenvalue weighted by Gasteiger charge is -2.24. The second-order valence-electron chi connectivity index (χ2n) is 10.7. The number of ether oxygens (including phenoxy) is 1. The Morgan fingerprint density at radius 2 is 1.29 bits per heavy atom. The third-order valence-electron chi connectivity index (χ3n) is 5.88. The quantitative estimate of drug-likeness (QED) is 0.0889. The second-order valence-corrected chi connectivity index (χ2v) is 14.4. The molecular formula is C25H55NO7PS+. The van der Waals surface area contributed by atoms with Crippen molar-refractivity contribution in [3.8, 4) is 0 Å². The van der Waals surface area contributed by atoms with E-state index in [1.807, 2.05) is 28.1 Å². The highest BCUT2D eigenvalue weighted by atomic mass is 32.2. The van der Waals surface area contributed by atoms with E-state index < -0.39 is 17.7 Å². The van der Waals surface area contributed by atoms with Gasteiger partial charge in [-0.05, 0) is 19.8 Å². The first-order chi connectivity index (χ1) is 16.4. The first kappa shape index (κ1) is 35.0. The van der Waals surface area contributed by atoms with E-state index in [2.05, 4.69) is 6.92 Å². The zero-order chi connectivity index (χ0) is 26.6. The molecule has 0 aromatic rings. The summed E-state index contributed by atoms with van der Waals surface area (Å²) in [4.78, 5) is 9.66. The van der Waals surface area contributed by atoms with E-state index in [1.165, 1.54) is 64.2 Å². The van der Waals surface area contributed by atoms with E-state index in [-0.39, 0.29) is 43.9 Å². The minimum Gasteiger partial charge on any atom is -0.377 e. The van der Waals surface area contributed by atoms with E-state index >= 15 is 0 Å². The molecule has 2 unspecified atom stereocenters. The fourth-order valence-corrected chi connectivity index (χ4v) is 5.44. The molecule has 0 amide bonds. The van der Waals surface area contributed by atoms with Crippen molar-refractivity contribution in [3.63, 3.8) is 0 Å². The van der Waals surface area contributed by atoms with Crippen LogP contribution in [0.5, 0.6) is 0 Å². The molecule has 0 radical (unpaired) electrons. The molecule has 0 bridgehead atoms. The molecule has 0 saturated carbocycles. The van der Waals surface area contributed by atoms with Crippen molar-refractivity contribution in [1.29, 1.82) is 0 Å². The van der Waals surface area contributed by atoms with Gasteiger partial charge in [-0.15, -0.1) is 0 Å². The van der Waals surface area contributed by atoms with Crippen LogP contribution in [0.3, 0.4) is 0 Å². The SMILES string of the molecule is CCCCCCCCCCCCCC(C)OCCS(=O)(=O)CCCOP(=O)(O)OCC[N+](C)(C)C. The fraction of sp³-hybridized carbons (Fsp3) is 1.00. The number of rotatable bonds is 25. The van der Waals surface area contributed by atoms with Crippen LogP contribution in [0.2, 0.25) is 0 Å². The van der Waals surface area contributed by atoms with Gasteiger partial charge in [-0.2, -0.15) is 0 Å². The standard InChI is InChI=1S/C25H54NO7PS/c1-6-7-8-9-10-11-12-13-14-15-16-18-25(2)31-22-24-35(29,30)23-17-20-32-34(27,28)33-21-19-26(3,4)5/h25H,6-24H2,1-5H3/p+1. The normalized spacial score (nSPS) is 15.3. The van der Waals surface area contributed by atoms with Crippen molar-refractivity contribution in [1.82, 2.24) is 0 Å². The Bertz CT molecular complexity index is 653. The first-order valence-electron chi connectivity index (χ1n) is 13.6. The molecule has 0 aromatic carbocycles. The van der Waals surface area contributed by atoms with Crippen molar-refractivity contribution in [2.75, 3.05) is 59.0 Å². The molecule has 2 atom stereocenters. The number of likely N-dealkylation sites (N-methyl/N-ethyl adjacent to an activating group) is 1. The number of phosphoric ester groups is 1. The number of unbranched alkanes of at least 4 members (excludes halogenated alkanes) is 10. The molecule has 0 aromatic heterocycles. The summed E-state index contributed by atoms with van der Waals surface area (Å²) in [6, 6.07) is 0. The summed E-state index contributed by atoms with van der Waals surface area (Å²) >= 11 is 0. The lowest BCUT2D eigenvalue weighted by atomic mass is 10.0. The van der Waals surface area contributed by atoms with Gasteiger partial charge in [0.15, 0.2) is 9.84 Å². The number of phosphoric acid groups is 1. The van der Waals surface area contributed by atoms with Crippen LogP contribution < -0.4 is 0 Å². The molecule has 8 nitrogen and oxygen atoms in total. The molecule has 0 spiro atoms. The Balaban J connectivity index is 3.72. The molecule has 0 heterocycles. The average molecular weight is 545 g/mol. The molecule has 0 rings (SSSR count). The molecule has 0 aliphatic rings. The summed E-state index contributed by atoms with van der Waals surface area (Å²) in [5, 5.41) is 0. The summed E-state index contributed by atoms with van der Waals surface area (Å²) in [6.07, 6.45) is 15.5. The third kappa shape index (κ3) is 25.4. The maximum Gasteiger partial charge on any atom is 0.472 e. The lowest BCUT2D eigenvalue weighted by molar-refractivity contribution is -0.870. The lowest BCUT2D eigenvalue weighted by Crippen LogP contribution is -2.37. The maximum absolute atomic E-state index is 12.2. The minimum atomic E-state index is -4.15. The number of nitrogens with zero attached hydrogens (tertiary/aromatic N) is 1. The maximum atomic E-state index is 12.2. The Morgan fingerprint density at radius 3 is 1.83 bits per heavy atom. The third-order valence-corrected chi connectivity index (χ3v) is 8.60. The molecule has 10 heteroatoms. The Hall–Kier alpha value is -0.0200. The van der Waals surface area contributed by atoms with E-state index in [9.17, 15) is 17.9 Å². The monoisotopic (exact) mass is 544 g/mol. The summed E-state index contributed by atoms with van der Waals surface area (Å²) in [6.45, 7) is 4.92. The highest BCUT2D eigenvalue weighted by Gasteiger charge is 2.22. The number of hydrogen-bond acceptors (Lipinski definition) is 6. The summed E-state index contributed by atoms with van der Waals surface area (Å²) < 4.78 is 52.2. The van der Waals surface area contributed by atoms with Gasteiger partial charge in [0.1, 0.15) is 13.2 Å². The van der Waals surface area contributed by atoms with Crippen molar-refractivity contribution in [2.24, 2.45) is 0 Å². The second kappa shape index (κ2) is 20.0. The average Bonchev–Trinajstić information content (AvgIpc) is 2.74. The summed E-state index contributed by atoms with van der Waals surface area (Å²) in [5.74, 6) is -0.158. The van der Waals surface area contributed by atoms with Crippen LogP contribution in [0.25, 0.3) is 0 Å². The van der Waals surface area contributed by atoms with Crippen molar-refractivity contribution >= 4 is 17.7 Å². The predicted molar refractivity (Wildman–Crippen MR) is 144 cm³/mol. The van der Waals surface area contributed by atoms with Gasteiger partial charge in [0.25, 0.3) is 0 Å². The van der Waals surface area contributed by atoms with Crippen molar-refractivity contribution in [2.45, 2.75) is 103 Å². The number of sulfone groups is 1. The van der Waals surface area contributed by atoms with E-state index in [0.717, 1.165) is 12.8 Å².